The molecule has 0 aliphatic carbocycles. The number of likely N-dealkylation sites (tertiary alicyclic amines) is 1. The van der Waals surface area contributed by atoms with E-state index in [0.29, 0.717) is 37.1 Å². The second kappa shape index (κ2) is 6.39. The minimum atomic E-state index is -0.558. The highest BCUT2D eigenvalue weighted by molar-refractivity contribution is 6.02. The second-order valence-electron chi connectivity index (χ2n) is 6.80. The minimum absolute atomic E-state index is 0.0445. The van der Waals surface area contributed by atoms with Crippen molar-refractivity contribution in [2.45, 2.75) is 18.5 Å². The number of nitrogens with zero attached hydrogens (tertiary/aromatic N) is 2. The first kappa shape index (κ1) is 17.0. The molecule has 2 N–H and O–H groups in total. The quantitative estimate of drug-likeness (QED) is 0.627. The van der Waals surface area contributed by atoms with Gasteiger partial charge in [0.25, 0.3) is 17.5 Å². The van der Waals surface area contributed by atoms with Gasteiger partial charge in [0.2, 0.25) is 0 Å². The van der Waals surface area contributed by atoms with Gasteiger partial charge in [-0.2, -0.15) is 0 Å². The summed E-state index contributed by atoms with van der Waals surface area (Å²) in [5, 5.41) is 17.2. The molecule has 2 aliphatic heterocycles. The first-order chi connectivity index (χ1) is 13.0. The molecule has 2 amide bonds. The smallest absolute Gasteiger partial charge is 0.269 e. The average Bonchev–Trinajstić information content (AvgIpc) is 2.68. The molecule has 4 rings (SSSR count). The monoisotopic (exact) mass is 366 g/mol. The molecule has 2 aliphatic rings. The van der Waals surface area contributed by atoms with Crippen LogP contribution >= 0.6 is 0 Å². The van der Waals surface area contributed by atoms with E-state index in [1.807, 2.05) is 18.2 Å². The molecule has 2 aromatic carbocycles. The van der Waals surface area contributed by atoms with Crippen molar-refractivity contribution in [3.63, 3.8) is 0 Å². The maximum atomic E-state index is 12.7. The maximum Gasteiger partial charge on any atom is 0.269 e. The lowest BCUT2D eigenvalue weighted by atomic mass is 9.92. The van der Waals surface area contributed by atoms with Gasteiger partial charge in [-0.25, -0.2) is 0 Å². The zero-order valence-corrected chi connectivity index (χ0v) is 14.5. The summed E-state index contributed by atoms with van der Waals surface area (Å²) in [6.45, 7) is 0.955. The van der Waals surface area contributed by atoms with E-state index >= 15 is 0 Å². The summed E-state index contributed by atoms with van der Waals surface area (Å²) in [6.07, 6.45) is 1.15. The van der Waals surface area contributed by atoms with Crippen molar-refractivity contribution in [3.05, 3.63) is 69.8 Å². The van der Waals surface area contributed by atoms with Gasteiger partial charge in [-0.3, -0.25) is 19.7 Å². The lowest BCUT2D eigenvalue weighted by molar-refractivity contribution is -0.384. The third kappa shape index (κ3) is 3.10. The van der Waals surface area contributed by atoms with Crippen LogP contribution in [0, 0.1) is 10.1 Å². The van der Waals surface area contributed by atoms with E-state index in [1.54, 1.807) is 11.0 Å². The number of rotatable bonds is 2. The molecule has 0 atom stereocenters. The molecule has 0 aromatic heterocycles. The lowest BCUT2D eigenvalue weighted by Crippen LogP contribution is -2.62. The van der Waals surface area contributed by atoms with Crippen LogP contribution in [-0.2, 0) is 0 Å². The summed E-state index contributed by atoms with van der Waals surface area (Å²) in [5.41, 5.74) is 1.24. The number of piperidine rings is 1. The van der Waals surface area contributed by atoms with Crippen molar-refractivity contribution in [3.8, 4) is 0 Å². The fraction of sp³-hybridized carbons (Fsp3) is 0.263. The molecule has 1 saturated heterocycles. The summed E-state index contributed by atoms with van der Waals surface area (Å²) in [6, 6.07) is 13.0. The molecule has 0 unspecified atom stereocenters. The number of fused-ring (bicyclic) bond motifs is 1. The fourth-order valence-electron chi connectivity index (χ4n) is 3.61. The molecule has 2 heterocycles. The Kier molecular flexibility index (Phi) is 4.02. The average molecular weight is 366 g/mol. The first-order valence-electron chi connectivity index (χ1n) is 8.71. The van der Waals surface area contributed by atoms with E-state index in [4.69, 9.17) is 0 Å². The Balaban J connectivity index is 1.45. The van der Waals surface area contributed by atoms with Crippen molar-refractivity contribution in [2.24, 2.45) is 0 Å². The van der Waals surface area contributed by atoms with Crippen LogP contribution in [0.4, 0.5) is 11.4 Å². The van der Waals surface area contributed by atoms with Crippen LogP contribution in [0.15, 0.2) is 48.5 Å². The highest BCUT2D eigenvalue weighted by Crippen LogP contribution is 2.31. The van der Waals surface area contributed by atoms with Crippen LogP contribution in [0.1, 0.15) is 33.6 Å². The van der Waals surface area contributed by atoms with Gasteiger partial charge < -0.3 is 15.5 Å². The highest BCUT2D eigenvalue weighted by Gasteiger charge is 2.41. The zero-order valence-electron chi connectivity index (χ0n) is 14.5. The van der Waals surface area contributed by atoms with E-state index in [9.17, 15) is 19.7 Å². The van der Waals surface area contributed by atoms with E-state index < -0.39 is 10.6 Å². The van der Waals surface area contributed by atoms with E-state index in [0.717, 1.165) is 5.69 Å². The minimum Gasteiger partial charge on any atom is -0.362 e. The number of anilines is 1. The summed E-state index contributed by atoms with van der Waals surface area (Å²) in [7, 11) is 0. The first-order valence-corrected chi connectivity index (χ1v) is 8.71. The molecular weight excluding hydrogens is 348 g/mol. The maximum absolute atomic E-state index is 12.7. The number of non-ortho nitro benzene ring substituents is 1. The van der Waals surface area contributed by atoms with Crippen LogP contribution in [0.2, 0.25) is 0 Å². The van der Waals surface area contributed by atoms with Crippen LogP contribution in [-0.4, -0.2) is 40.4 Å². The molecule has 8 nitrogen and oxygen atoms in total. The molecule has 0 radical (unpaired) electrons. The van der Waals surface area contributed by atoms with Gasteiger partial charge in [0.15, 0.2) is 0 Å². The van der Waals surface area contributed by atoms with Gasteiger partial charge in [-0.05, 0) is 24.3 Å². The van der Waals surface area contributed by atoms with Crippen LogP contribution in [0.5, 0.6) is 0 Å². The topological polar surface area (TPSA) is 105 Å². The lowest BCUT2D eigenvalue weighted by Gasteiger charge is -2.45. The van der Waals surface area contributed by atoms with Crippen molar-refractivity contribution in [1.29, 1.82) is 0 Å². The van der Waals surface area contributed by atoms with E-state index in [1.165, 1.54) is 24.3 Å². The number of carbonyl (C=O) groups is 2. The number of benzene rings is 2. The Bertz CT molecular complexity index is 918. The third-order valence-corrected chi connectivity index (χ3v) is 5.13. The van der Waals surface area contributed by atoms with Gasteiger partial charge in [0, 0.05) is 49.3 Å². The Morgan fingerprint density at radius 1 is 1.04 bits per heavy atom. The number of hydrogen-bond acceptors (Lipinski definition) is 5. The summed E-state index contributed by atoms with van der Waals surface area (Å²) in [5.74, 6) is -0.276. The summed E-state index contributed by atoms with van der Waals surface area (Å²) >= 11 is 0. The SMILES string of the molecule is O=C1NC2(CCN(C(=O)c3ccc([N+](=O)[O-])cc3)CC2)Nc2ccccc21. The zero-order chi connectivity index (χ0) is 19.0. The number of hydrogen-bond donors (Lipinski definition) is 2. The van der Waals surface area contributed by atoms with Crippen LogP contribution in [0.25, 0.3) is 0 Å². The molecule has 1 spiro atoms. The largest absolute Gasteiger partial charge is 0.362 e. The van der Waals surface area contributed by atoms with Crippen LogP contribution in [0.3, 0.4) is 0 Å². The number of nitro groups is 1. The number of carbonyl (C=O) groups excluding carboxylic acids is 2. The predicted octanol–water partition coefficient (Wildman–Crippen LogP) is 2.38. The van der Waals surface area contributed by atoms with Gasteiger partial charge >= 0.3 is 0 Å². The van der Waals surface area contributed by atoms with Crippen molar-refractivity contribution >= 4 is 23.2 Å². The number of para-hydroxylation sites is 1. The standard InChI is InChI=1S/C19H18N4O4/c24-17-15-3-1-2-4-16(15)20-19(21-17)9-11-22(12-10-19)18(25)13-5-7-14(8-6-13)23(26)27/h1-8,20H,9-12H2,(H,21,24). The molecule has 1 fully saturated rings. The van der Waals surface area contributed by atoms with Crippen molar-refractivity contribution in [2.75, 3.05) is 18.4 Å². The number of amides is 2. The Labute approximate surface area is 155 Å². The van der Waals surface area contributed by atoms with E-state index in [-0.39, 0.29) is 17.5 Å². The molecule has 138 valence electrons. The number of nitro benzene ring substituents is 1. The molecular formula is C19H18N4O4. The Morgan fingerprint density at radius 3 is 2.37 bits per heavy atom. The number of nitrogens with one attached hydrogen (secondary N) is 2. The molecule has 8 heteroatoms. The molecule has 2 aromatic rings. The molecule has 0 bridgehead atoms. The third-order valence-electron chi connectivity index (χ3n) is 5.13. The molecule has 0 saturated carbocycles. The van der Waals surface area contributed by atoms with Crippen molar-refractivity contribution in [1.82, 2.24) is 10.2 Å². The van der Waals surface area contributed by atoms with E-state index in [2.05, 4.69) is 10.6 Å². The summed E-state index contributed by atoms with van der Waals surface area (Å²) in [4.78, 5) is 37.0. The molecule has 27 heavy (non-hydrogen) atoms. The van der Waals surface area contributed by atoms with Crippen molar-refractivity contribution < 1.29 is 14.5 Å². The van der Waals surface area contributed by atoms with Gasteiger partial charge in [-0.15, -0.1) is 0 Å². The predicted molar refractivity (Wildman–Crippen MR) is 98.5 cm³/mol. The van der Waals surface area contributed by atoms with Gasteiger partial charge in [0.1, 0.15) is 5.66 Å². The van der Waals surface area contributed by atoms with Gasteiger partial charge in [-0.1, -0.05) is 12.1 Å². The van der Waals surface area contributed by atoms with Gasteiger partial charge in [0.05, 0.1) is 10.5 Å². The fourth-order valence-corrected chi connectivity index (χ4v) is 3.61. The highest BCUT2D eigenvalue weighted by atomic mass is 16.6. The Hall–Kier alpha value is -3.42. The second-order valence-corrected chi connectivity index (χ2v) is 6.80. The normalized spacial score (nSPS) is 17.6. The van der Waals surface area contributed by atoms with Crippen LogP contribution < -0.4 is 10.6 Å². The summed E-state index contributed by atoms with van der Waals surface area (Å²) < 4.78 is 0. The Morgan fingerprint density at radius 2 is 1.70 bits per heavy atom.